The molecule has 0 saturated heterocycles. The molecule has 1 rings (SSSR count). The molecular formula is C13H21N3O3S. The van der Waals surface area contributed by atoms with Crippen molar-refractivity contribution in [3.8, 4) is 0 Å². The Bertz CT molecular complexity index is 540. The molecule has 1 atom stereocenters. The first-order valence-corrected chi connectivity index (χ1v) is 7.98. The van der Waals surface area contributed by atoms with Gasteiger partial charge in [0.05, 0.1) is 4.90 Å². The van der Waals surface area contributed by atoms with Crippen molar-refractivity contribution in [1.82, 2.24) is 4.72 Å². The Kier molecular flexibility index (Phi) is 5.97. The van der Waals surface area contributed by atoms with Crippen LogP contribution in [0.4, 0.5) is 5.69 Å². The molecular weight excluding hydrogens is 278 g/mol. The van der Waals surface area contributed by atoms with Crippen molar-refractivity contribution in [2.24, 2.45) is 5.73 Å². The summed E-state index contributed by atoms with van der Waals surface area (Å²) >= 11 is 0. The summed E-state index contributed by atoms with van der Waals surface area (Å²) in [4.78, 5) is 11.0. The number of primary amides is 1. The lowest BCUT2D eigenvalue weighted by atomic mass is 10.2. The summed E-state index contributed by atoms with van der Waals surface area (Å²) in [6, 6.07) is 6.28. The van der Waals surface area contributed by atoms with E-state index in [4.69, 9.17) is 5.73 Å². The van der Waals surface area contributed by atoms with Crippen molar-refractivity contribution in [3.05, 3.63) is 24.3 Å². The van der Waals surface area contributed by atoms with Crippen LogP contribution in [0.3, 0.4) is 0 Å². The highest BCUT2D eigenvalue weighted by Gasteiger charge is 2.13. The van der Waals surface area contributed by atoms with Crippen LogP contribution in [-0.4, -0.2) is 26.9 Å². The van der Waals surface area contributed by atoms with Crippen molar-refractivity contribution in [1.29, 1.82) is 0 Å². The van der Waals surface area contributed by atoms with Crippen molar-refractivity contribution in [3.63, 3.8) is 0 Å². The molecule has 0 saturated carbocycles. The summed E-state index contributed by atoms with van der Waals surface area (Å²) in [5.74, 6) is -0.382. The van der Waals surface area contributed by atoms with Crippen LogP contribution in [-0.2, 0) is 14.8 Å². The fourth-order valence-electron chi connectivity index (χ4n) is 1.69. The number of hydrogen-bond acceptors (Lipinski definition) is 4. The summed E-state index contributed by atoms with van der Waals surface area (Å²) in [6.45, 7) is 4.14. The molecule has 1 amide bonds. The molecule has 7 heteroatoms. The van der Waals surface area contributed by atoms with Crippen LogP contribution < -0.4 is 15.8 Å². The Balaban J connectivity index is 2.71. The van der Waals surface area contributed by atoms with Crippen molar-refractivity contribution < 1.29 is 13.2 Å². The van der Waals surface area contributed by atoms with Gasteiger partial charge >= 0.3 is 0 Å². The molecule has 20 heavy (non-hydrogen) atoms. The van der Waals surface area contributed by atoms with Crippen LogP contribution >= 0.6 is 0 Å². The highest BCUT2D eigenvalue weighted by atomic mass is 32.2. The second kappa shape index (κ2) is 7.25. The molecule has 0 aliphatic rings. The summed E-state index contributed by atoms with van der Waals surface area (Å²) < 4.78 is 26.3. The van der Waals surface area contributed by atoms with Gasteiger partial charge in [0, 0.05) is 24.7 Å². The number of sulfonamides is 1. The minimum Gasteiger partial charge on any atom is -0.382 e. The van der Waals surface area contributed by atoms with Gasteiger partial charge in [-0.25, -0.2) is 13.1 Å². The Hall–Kier alpha value is -1.60. The van der Waals surface area contributed by atoms with E-state index in [-0.39, 0.29) is 23.3 Å². The van der Waals surface area contributed by atoms with E-state index in [1.807, 2.05) is 13.8 Å². The molecule has 1 aromatic rings. The van der Waals surface area contributed by atoms with Gasteiger partial charge in [0.15, 0.2) is 0 Å². The first kappa shape index (κ1) is 16.5. The molecule has 1 unspecified atom stereocenters. The summed E-state index contributed by atoms with van der Waals surface area (Å²) in [6.07, 6.45) is 0.960. The highest BCUT2D eigenvalue weighted by molar-refractivity contribution is 7.89. The molecule has 0 aliphatic heterocycles. The average Bonchev–Trinajstić information content (AvgIpc) is 2.36. The van der Waals surface area contributed by atoms with E-state index in [0.29, 0.717) is 6.54 Å². The fourth-order valence-corrected chi connectivity index (χ4v) is 2.82. The zero-order chi connectivity index (χ0) is 15.2. The molecule has 1 aromatic carbocycles. The molecule has 0 aromatic heterocycles. The van der Waals surface area contributed by atoms with Gasteiger partial charge < -0.3 is 11.1 Å². The number of hydrogen-bond donors (Lipinski definition) is 3. The zero-order valence-electron chi connectivity index (χ0n) is 11.7. The molecule has 0 heterocycles. The number of rotatable bonds is 8. The molecule has 0 radical (unpaired) electrons. The lowest BCUT2D eigenvalue weighted by Crippen LogP contribution is -2.25. The van der Waals surface area contributed by atoms with Crippen LogP contribution in [0.25, 0.3) is 0 Å². The normalized spacial score (nSPS) is 12.9. The van der Waals surface area contributed by atoms with Crippen LogP contribution in [0.2, 0.25) is 0 Å². The number of nitrogens with one attached hydrogen (secondary N) is 2. The average molecular weight is 299 g/mol. The van der Waals surface area contributed by atoms with Crippen LogP contribution in [0, 0.1) is 0 Å². The Morgan fingerprint density at radius 2 is 1.90 bits per heavy atom. The summed E-state index contributed by atoms with van der Waals surface area (Å²) in [7, 11) is -3.44. The highest BCUT2D eigenvalue weighted by Crippen LogP contribution is 2.15. The fraction of sp³-hybridized carbons (Fsp3) is 0.462. The standard InChI is InChI=1S/C13H21N3O3S/c1-3-8-15-20(18,19)12-6-4-11(5-7-12)16-10(2)9-13(14)17/h4-7,10,15-16H,3,8-9H2,1-2H3,(H2,14,17). The van der Waals surface area contributed by atoms with Gasteiger partial charge in [-0.2, -0.15) is 0 Å². The minimum atomic E-state index is -3.44. The van der Waals surface area contributed by atoms with Crippen molar-refractivity contribution in [2.45, 2.75) is 37.6 Å². The molecule has 0 fully saturated rings. The summed E-state index contributed by atoms with van der Waals surface area (Å²) in [5.41, 5.74) is 5.85. The van der Waals surface area contributed by atoms with Gasteiger partial charge in [-0.05, 0) is 37.6 Å². The molecule has 6 nitrogen and oxygen atoms in total. The van der Waals surface area contributed by atoms with E-state index in [0.717, 1.165) is 12.1 Å². The van der Waals surface area contributed by atoms with E-state index in [2.05, 4.69) is 10.0 Å². The van der Waals surface area contributed by atoms with Gasteiger partial charge in [-0.1, -0.05) is 6.92 Å². The van der Waals surface area contributed by atoms with Crippen LogP contribution in [0.1, 0.15) is 26.7 Å². The van der Waals surface area contributed by atoms with Crippen LogP contribution in [0.15, 0.2) is 29.2 Å². The smallest absolute Gasteiger partial charge is 0.240 e. The first-order valence-electron chi connectivity index (χ1n) is 6.49. The zero-order valence-corrected chi connectivity index (χ0v) is 12.5. The monoisotopic (exact) mass is 299 g/mol. The predicted octanol–water partition coefficient (Wildman–Crippen LogP) is 1.05. The lowest BCUT2D eigenvalue weighted by Gasteiger charge is -2.14. The molecule has 112 valence electrons. The maximum absolute atomic E-state index is 11.9. The first-order chi connectivity index (χ1) is 9.35. The van der Waals surface area contributed by atoms with Crippen molar-refractivity contribution >= 4 is 21.6 Å². The Morgan fingerprint density at radius 1 is 1.30 bits per heavy atom. The second-order valence-corrected chi connectivity index (χ2v) is 6.40. The van der Waals surface area contributed by atoms with Gasteiger partial charge in [-0.15, -0.1) is 0 Å². The van der Waals surface area contributed by atoms with E-state index in [1.165, 1.54) is 12.1 Å². The Morgan fingerprint density at radius 3 is 2.40 bits per heavy atom. The molecule has 0 spiro atoms. The van der Waals surface area contributed by atoms with Crippen LogP contribution in [0.5, 0.6) is 0 Å². The summed E-state index contributed by atoms with van der Waals surface area (Å²) in [5, 5.41) is 3.08. The third kappa shape index (κ3) is 5.18. The Labute approximate surface area is 119 Å². The number of benzene rings is 1. The number of nitrogens with two attached hydrogens (primary N) is 1. The van der Waals surface area contributed by atoms with E-state index < -0.39 is 10.0 Å². The third-order valence-corrected chi connectivity index (χ3v) is 4.10. The predicted molar refractivity (Wildman–Crippen MR) is 78.8 cm³/mol. The van der Waals surface area contributed by atoms with Gasteiger partial charge in [0.2, 0.25) is 15.9 Å². The lowest BCUT2D eigenvalue weighted by molar-refractivity contribution is -0.118. The van der Waals surface area contributed by atoms with Gasteiger partial charge in [0.25, 0.3) is 0 Å². The molecule has 0 bridgehead atoms. The number of carbonyl (C=O) groups excluding carboxylic acids is 1. The quantitative estimate of drug-likeness (QED) is 0.668. The second-order valence-electron chi connectivity index (χ2n) is 4.64. The van der Waals surface area contributed by atoms with Gasteiger partial charge in [0.1, 0.15) is 0 Å². The van der Waals surface area contributed by atoms with Crippen molar-refractivity contribution in [2.75, 3.05) is 11.9 Å². The third-order valence-electron chi connectivity index (χ3n) is 2.63. The largest absolute Gasteiger partial charge is 0.382 e. The number of amides is 1. The van der Waals surface area contributed by atoms with E-state index in [1.54, 1.807) is 12.1 Å². The molecule has 4 N–H and O–H groups in total. The van der Waals surface area contributed by atoms with E-state index in [9.17, 15) is 13.2 Å². The number of anilines is 1. The van der Waals surface area contributed by atoms with E-state index >= 15 is 0 Å². The maximum Gasteiger partial charge on any atom is 0.240 e. The SMILES string of the molecule is CCCNS(=O)(=O)c1ccc(NC(C)CC(N)=O)cc1. The molecule has 0 aliphatic carbocycles. The van der Waals surface area contributed by atoms with Gasteiger partial charge in [-0.3, -0.25) is 4.79 Å². The maximum atomic E-state index is 11.9. The topological polar surface area (TPSA) is 101 Å². The number of carbonyl (C=O) groups is 1. The minimum absolute atomic E-state index is 0.104.